The fraction of sp³-hybridized carbons (Fsp3) is 0.410. The van der Waals surface area contributed by atoms with Gasteiger partial charge in [-0.25, -0.2) is 14.4 Å². The molecule has 12 heteroatoms. The Morgan fingerprint density at radius 3 is 2.08 bits per heavy atom. The third-order valence-electron chi connectivity index (χ3n) is 8.30. The predicted octanol–water partition coefficient (Wildman–Crippen LogP) is 4.83. The number of benzene rings is 3. The van der Waals surface area contributed by atoms with Gasteiger partial charge in [-0.1, -0.05) is 84.9 Å². The maximum absolute atomic E-state index is 14.0. The molecule has 3 aromatic rings. The number of fused-ring (bicyclic) bond motifs is 1. The Kier molecular flexibility index (Phi) is 14.0. The zero-order valence-electron chi connectivity index (χ0n) is 29.7. The molecule has 51 heavy (non-hydrogen) atoms. The third kappa shape index (κ3) is 12.2. The number of amides is 4. The molecule has 0 aliphatic carbocycles. The maximum Gasteiger partial charge on any atom is 0.411 e. The number of nitrogens with one attached hydrogen (secondary N) is 3. The highest BCUT2D eigenvalue weighted by molar-refractivity contribution is 5.93. The van der Waals surface area contributed by atoms with E-state index < -0.39 is 53.7 Å². The smallest absolute Gasteiger partial charge is 0.411 e. The topological polar surface area (TPSA) is 152 Å². The van der Waals surface area contributed by atoms with E-state index in [1.807, 2.05) is 84.9 Å². The summed E-state index contributed by atoms with van der Waals surface area (Å²) in [7, 11) is 1.24. The first kappa shape index (κ1) is 38.4. The number of methoxy groups -OCH3 is 1. The van der Waals surface area contributed by atoms with Crippen LogP contribution in [0.1, 0.15) is 62.3 Å². The molecule has 0 spiro atoms. The first-order valence-electron chi connectivity index (χ1n) is 17.2. The molecule has 272 valence electrons. The van der Waals surface area contributed by atoms with Gasteiger partial charge >= 0.3 is 18.2 Å². The number of ether oxygens (including phenoxy) is 3. The van der Waals surface area contributed by atoms with Crippen molar-refractivity contribution in [2.45, 2.75) is 89.8 Å². The lowest BCUT2D eigenvalue weighted by molar-refractivity contribution is -0.145. The summed E-state index contributed by atoms with van der Waals surface area (Å²) in [6.45, 7) is 5.90. The molecule has 4 amide bonds. The lowest BCUT2D eigenvalue weighted by atomic mass is 9.93. The van der Waals surface area contributed by atoms with E-state index in [1.54, 1.807) is 20.8 Å². The Labute approximate surface area is 299 Å². The van der Waals surface area contributed by atoms with Crippen LogP contribution in [-0.4, -0.2) is 72.3 Å². The molecular formula is C39H48N4O8. The highest BCUT2D eigenvalue weighted by Crippen LogP contribution is 2.26. The highest BCUT2D eigenvalue weighted by atomic mass is 16.6. The number of nitrogens with zero attached hydrogens (tertiary/aromatic N) is 1. The molecule has 4 rings (SSSR count). The number of rotatable bonds is 14. The minimum absolute atomic E-state index is 0.136. The summed E-state index contributed by atoms with van der Waals surface area (Å²) in [5, 5.41) is 8.33. The van der Waals surface area contributed by atoms with Crippen molar-refractivity contribution in [1.29, 1.82) is 0 Å². The van der Waals surface area contributed by atoms with Gasteiger partial charge in [0, 0.05) is 19.4 Å². The average molecular weight is 701 g/mol. The third-order valence-corrected chi connectivity index (χ3v) is 8.30. The number of alkyl carbamates (subject to hydrolysis) is 1. The normalized spacial score (nSPS) is 15.0. The van der Waals surface area contributed by atoms with Gasteiger partial charge in [0.2, 0.25) is 11.8 Å². The number of hydrogen-bond donors (Lipinski definition) is 3. The van der Waals surface area contributed by atoms with Gasteiger partial charge in [0.25, 0.3) is 0 Å². The minimum Gasteiger partial charge on any atom is -0.467 e. The Morgan fingerprint density at radius 1 is 0.804 bits per heavy atom. The molecule has 1 heterocycles. The van der Waals surface area contributed by atoms with E-state index in [4.69, 9.17) is 14.2 Å². The van der Waals surface area contributed by atoms with E-state index in [2.05, 4.69) is 16.0 Å². The molecule has 0 radical (unpaired) electrons. The van der Waals surface area contributed by atoms with Gasteiger partial charge in [-0.3, -0.25) is 14.5 Å². The summed E-state index contributed by atoms with van der Waals surface area (Å²) >= 11 is 0. The van der Waals surface area contributed by atoms with Crippen molar-refractivity contribution in [2.24, 2.45) is 0 Å². The van der Waals surface area contributed by atoms with Crippen LogP contribution in [-0.2, 0) is 54.6 Å². The predicted molar refractivity (Wildman–Crippen MR) is 190 cm³/mol. The largest absolute Gasteiger partial charge is 0.467 e. The fourth-order valence-electron chi connectivity index (χ4n) is 5.70. The van der Waals surface area contributed by atoms with Gasteiger partial charge in [-0.2, -0.15) is 0 Å². The van der Waals surface area contributed by atoms with E-state index in [0.717, 1.165) is 22.3 Å². The summed E-state index contributed by atoms with van der Waals surface area (Å²) in [5.74, 6) is -1.74. The van der Waals surface area contributed by atoms with Crippen molar-refractivity contribution in [3.8, 4) is 0 Å². The van der Waals surface area contributed by atoms with Crippen molar-refractivity contribution in [1.82, 2.24) is 20.9 Å². The van der Waals surface area contributed by atoms with Crippen molar-refractivity contribution < 1.29 is 38.2 Å². The van der Waals surface area contributed by atoms with Crippen LogP contribution in [0.25, 0.3) is 0 Å². The summed E-state index contributed by atoms with van der Waals surface area (Å²) in [6.07, 6.45) is 0.403. The number of carbonyl (C=O) groups excluding carboxylic acids is 5. The number of hydrogen-bond acceptors (Lipinski definition) is 8. The second-order valence-corrected chi connectivity index (χ2v) is 13.4. The Balaban J connectivity index is 1.41. The molecule has 0 unspecified atom stereocenters. The summed E-state index contributed by atoms with van der Waals surface area (Å²) in [4.78, 5) is 67.5. The molecule has 3 aromatic carbocycles. The fourth-order valence-corrected chi connectivity index (χ4v) is 5.70. The molecule has 0 aromatic heterocycles. The zero-order chi connectivity index (χ0) is 36.8. The van der Waals surface area contributed by atoms with Crippen molar-refractivity contribution in [2.75, 3.05) is 13.7 Å². The van der Waals surface area contributed by atoms with Crippen molar-refractivity contribution >= 4 is 30.0 Å². The lowest BCUT2D eigenvalue weighted by Gasteiger charge is -2.37. The van der Waals surface area contributed by atoms with Crippen LogP contribution in [0, 0.1) is 0 Å². The van der Waals surface area contributed by atoms with Crippen molar-refractivity contribution in [3.63, 3.8) is 0 Å². The van der Waals surface area contributed by atoms with Gasteiger partial charge < -0.3 is 30.2 Å². The Morgan fingerprint density at radius 2 is 1.43 bits per heavy atom. The molecule has 0 saturated heterocycles. The highest BCUT2D eigenvalue weighted by Gasteiger charge is 2.38. The number of esters is 1. The standard InChI is InChI=1S/C39H48N4O8/c1-39(2,3)51-38(48)43-25-30-20-12-11-19-29(30)24-33(43)35(45)42-32(23-27-15-7-5-8-16-27)34(44)41-31(36(46)49-4)21-13-14-22-40-37(47)50-26-28-17-9-6-10-18-28/h5-12,15-20,31-33H,13-14,21-26H2,1-4H3,(H,40,47)(H,41,44)(H,42,45)/t31-,32-,33-/m0/s1. The van der Waals surface area contributed by atoms with Gasteiger partial charge in [-0.15, -0.1) is 0 Å². The van der Waals surface area contributed by atoms with Crippen LogP contribution in [0.5, 0.6) is 0 Å². The molecule has 12 nitrogen and oxygen atoms in total. The molecule has 3 atom stereocenters. The first-order chi connectivity index (χ1) is 24.4. The van der Waals surface area contributed by atoms with Gasteiger partial charge in [0.1, 0.15) is 30.3 Å². The lowest BCUT2D eigenvalue weighted by Crippen LogP contribution is -2.58. The van der Waals surface area contributed by atoms with Crippen LogP contribution in [0.4, 0.5) is 9.59 Å². The molecular weight excluding hydrogens is 652 g/mol. The Hall–Kier alpha value is -5.39. The van der Waals surface area contributed by atoms with Gasteiger partial charge in [0.05, 0.1) is 13.7 Å². The molecule has 0 bridgehead atoms. The van der Waals surface area contributed by atoms with Crippen LogP contribution in [0.15, 0.2) is 84.9 Å². The molecule has 3 N–H and O–H groups in total. The number of carbonyl (C=O) groups is 5. The summed E-state index contributed by atoms with van der Waals surface area (Å²) in [6, 6.07) is 23.1. The van der Waals surface area contributed by atoms with E-state index >= 15 is 0 Å². The molecule has 0 fully saturated rings. The van der Waals surface area contributed by atoms with Crippen molar-refractivity contribution in [3.05, 3.63) is 107 Å². The van der Waals surface area contributed by atoms with E-state index in [1.165, 1.54) is 12.0 Å². The SMILES string of the molecule is COC(=O)[C@H](CCCCNC(=O)OCc1ccccc1)NC(=O)[C@H](Cc1ccccc1)NC(=O)[C@@H]1Cc2ccccc2CN1C(=O)OC(C)(C)C. The average Bonchev–Trinajstić information content (AvgIpc) is 3.12. The summed E-state index contributed by atoms with van der Waals surface area (Å²) < 4.78 is 15.9. The second-order valence-electron chi connectivity index (χ2n) is 13.4. The molecule has 1 aliphatic rings. The first-order valence-corrected chi connectivity index (χ1v) is 17.2. The van der Waals surface area contributed by atoms with Crippen LogP contribution < -0.4 is 16.0 Å². The van der Waals surface area contributed by atoms with E-state index in [-0.39, 0.29) is 32.4 Å². The van der Waals surface area contributed by atoms with E-state index in [9.17, 15) is 24.0 Å². The second kappa shape index (κ2) is 18.6. The number of unbranched alkanes of at least 4 members (excludes halogenated alkanes) is 1. The van der Waals surface area contributed by atoms with Gasteiger partial charge in [0.15, 0.2) is 0 Å². The van der Waals surface area contributed by atoms with Crippen LogP contribution in [0.2, 0.25) is 0 Å². The van der Waals surface area contributed by atoms with Gasteiger partial charge in [-0.05, 0) is 62.3 Å². The van der Waals surface area contributed by atoms with E-state index in [0.29, 0.717) is 19.4 Å². The maximum atomic E-state index is 14.0. The molecule has 1 aliphatic heterocycles. The quantitative estimate of drug-likeness (QED) is 0.123. The summed E-state index contributed by atoms with van der Waals surface area (Å²) in [5.41, 5.74) is 2.71. The minimum atomic E-state index is -1.08. The zero-order valence-corrected chi connectivity index (χ0v) is 29.7. The van der Waals surface area contributed by atoms with Crippen LogP contribution in [0.3, 0.4) is 0 Å². The van der Waals surface area contributed by atoms with Crippen LogP contribution >= 0.6 is 0 Å². The molecule has 0 saturated carbocycles. The Bertz CT molecular complexity index is 1630. The monoisotopic (exact) mass is 700 g/mol.